The summed E-state index contributed by atoms with van der Waals surface area (Å²) in [6.45, 7) is 6.09. The van der Waals surface area contributed by atoms with Gasteiger partial charge in [-0.25, -0.2) is 0 Å². The molecule has 1 aliphatic carbocycles. The van der Waals surface area contributed by atoms with Crippen molar-refractivity contribution in [1.82, 2.24) is 0 Å². The van der Waals surface area contributed by atoms with Gasteiger partial charge in [-0.1, -0.05) is 23.8 Å². The maximum atomic E-state index is 11.8. The molecular weight excluding hydrogens is 238 g/mol. The summed E-state index contributed by atoms with van der Waals surface area (Å²) < 4.78 is 4.88. The molecule has 1 aromatic carbocycles. The number of hydrogen-bond acceptors (Lipinski definition) is 3. The molecule has 104 valence electrons. The van der Waals surface area contributed by atoms with Gasteiger partial charge in [-0.3, -0.25) is 4.79 Å². The zero-order valence-corrected chi connectivity index (χ0v) is 12.2. The van der Waals surface area contributed by atoms with E-state index >= 15 is 0 Å². The summed E-state index contributed by atoms with van der Waals surface area (Å²) in [6, 6.07) is 6.46. The van der Waals surface area contributed by atoms with Gasteiger partial charge in [0.15, 0.2) is 0 Å². The van der Waals surface area contributed by atoms with Crippen molar-refractivity contribution in [3.8, 4) is 0 Å². The van der Waals surface area contributed by atoms with Crippen LogP contribution in [-0.2, 0) is 21.4 Å². The van der Waals surface area contributed by atoms with Gasteiger partial charge in [-0.05, 0) is 44.7 Å². The predicted octanol–water partition coefficient (Wildman–Crippen LogP) is 2.48. The van der Waals surface area contributed by atoms with Crippen LogP contribution in [0.4, 0.5) is 0 Å². The Morgan fingerprint density at radius 1 is 1.47 bits per heavy atom. The number of ether oxygens (including phenoxy) is 1. The average molecular weight is 261 g/mol. The van der Waals surface area contributed by atoms with E-state index in [-0.39, 0.29) is 11.4 Å². The zero-order chi connectivity index (χ0) is 14.3. The van der Waals surface area contributed by atoms with Crippen molar-refractivity contribution in [1.29, 1.82) is 0 Å². The minimum absolute atomic E-state index is 0.187. The molecule has 0 fully saturated rings. The molecule has 1 atom stereocenters. The Kier molecular flexibility index (Phi) is 3.43. The highest BCUT2D eigenvalue weighted by molar-refractivity contribution is 5.72. The number of esters is 1. The van der Waals surface area contributed by atoms with Gasteiger partial charge in [0.1, 0.15) is 0 Å². The fourth-order valence-corrected chi connectivity index (χ4v) is 3.24. The van der Waals surface area contributed by atoms with Crippen LogP contribution in [0.3, 0.4) is 0 Å². The maximum Gasteiger partial charge on any atom is 0.306 e. The number of methoxy groups -OCH3 is 1. The number of fused-ring (bicyclic) bond motifs is 1. The Bertz CT molecular complexity index is 502. The minimum Gasteiger partial charge on any atom is -0.469 e. The molecule has 2 rings (SSSR count). The summed E-state index contributed by atoms with van der Waals surface area (Å²) in [5, 5.41) is 0. The van der Waals surface area contributed by atoms with Crippen molar-refractivity contribution in [2.45, 2.75) is 51.0 Å². The Hall–Kier alpha value is -1.35. The number of benzene rings is 1. The third kappa shape index (κ3) is 2.27. The second-order valence-corrected chi connectivity index (χ2v) is 6.22. The molecule has 0 amide bonds. The number of carbonyl (C=O) groups excluding carboxylic acids is 1. The Morgan fingerprint density at radius 3 is 2.74 bits per heavy atom. The van der Waals surface area contributed by atoms with Gasteiger partial charge in [-0.15, -0.1) is 0 Å². The number of carbonyl (C=O) groups is 1. The lowest BCUT2D eigenvalue weighted by molar-refractivity contribution is -0.142. The van der Waals surface area contributed by atoms with Gasteiger partial charge in [0.2, 0.25) is 0 Å². The predicted molar refractivity (Wildman–Crippen MR) is 76.1 cm³/mol. The number of rotatable bonds is 3. The SMILES string of the molecule is COC(=O)CC1(C(C)(C)N)CCc2ccc(C)cc21. The van der Waals surface area contributed by atoms with Crippen LogP contribution in [0.15, 0.2) is 18.2 Å². The molecule has 0 saturated heterocycles. The van der Waals surface area contributed by atoms with Gasteiger partial charge in [-0.2, -0.15) is 0 Å². The summed E-state index contributed by atoms with van der Waals surface area (Å²) in [7, 11) is 1.44. The van der Waals surface area contributed by atoms with Gasteiger partial charge in [0.05, 0.1) is 13.5 Å². The van der Waals surface area contributed by atoms with Crippen molar-refractivity contribution in [2.24, 2.45) is 5.73 Å². The van der Waals surface area contributed by atoms with E-state index in [9.17, 15) is 4.79 Å². The molecule has 1 aliphatic rings. The Labute approximate surface area is 115 Å². The van der Waals surface area contributed by atoms with E-state index < -0.39 is 5.54 Å². The lowest BCUT2D eigenvalue weighted by Crippen LogP contribution is -2.54. The van der Waals surface area contributed by atoms with E-state index in [2.05, 4.69) is 25.1 Å². The van der Waals surface area contributed by atoms with E-state index in [1.807, 2.05) is 13.8 Å². The quantitative estimate of drug-likeness (QED) is 0.850. The van der Waals surface area contributed by atoms with Crippen LogP contribution in [0.5, 0.6) is 0 Å². The van der Waals surface area contributed by atoms with Gasteiger partial charge < -0.3 is 10.5 Å². The normalized spacial score (nSPS) is 22.2. The first-order chi connectivity index (χ1) is 8.80. The standard InChI is InChI=1S/C16H23NO2/c1-11-5-6-12-7-8-16(13(12)9-11,15(2,3)17)10-14(18)19-4/h5-6,9H,7-8,10,17H2,1-4H3. The first-order valence-corrected chi connectivity index (χ1v) is 6.76. The highest BCUT2D eigenvalue weighted by Crippen LogP contribution is 2.48. The largest absolute Gasteiger partial charge is 0.469 e. The highest BCUT2D eigenvalue weighted by atomic mass is 16.5. The molecule has 0 bridgehead atoms. The molecule has 0 radical (unpaired) electrons. The van der Waals surface area contributed by atoms with Gasteiger partial charge in [0.25, 0.3) is 0 Å². The summed E-state index contributed by atoms with van der Waals surface area (Å²) in [6.07, 6.45) is 2.24. The first-order valence-electron chi connectivity index (χ1n) is 6.76. The molecule has 2 N–H and O–H groups in total. The van der Waals surface area contributed by atoms with E-state index in [0.717, 1.165) is 12.8 Å². The van der Waals surface area contributed by atoms with E-state index in [4.69, 9.17) is 10.5 Å². The third-order valence-electron chi connectivity index (χ3n) is 4.51. The number of nitrogens with two attached hydrogens (primary N) is 1. The monoisotopic (exact) mass is 261 g/mol. The van der Waals surface area contributed by atoms with E-state index in [0.29, 0.717) is 6.42 Å². The van der Waals surface area contributed by atoms with Gasteiger partial charge >= 0.3 is 5.97 Å². The Morgan fingerprint density at radius 2 is 2.16 bits per heavy atom. The molecular formula is C16H23NO2. The summed E-state index contributed by atoms with van der Waals surface area (Å²) >= 11 is 0. The van der Waals surface area contributed by atoms with Crippen molar-refractivity contribution < 1.29 is 9.53 Å². The van der Waals surface area contributed by atoms with Crippen LogP contribution in [0, 0.1) is 6.92 Å². The lowest BCUT2D eigenvalue weighted by atomic mass is 9.65. The number of aryl methyl sites for hydroxylation is 2. The molecule has 1 unspecified atom stereocenters. The molecule has 3 nitrogen and oxygen atoms in total. The van der Waals surface area contributed by atoms with Crippen molar-refractivity contribution in [2.75, 3.05) is 7.11 Å². The highest BCUT2D eigenvalue weighted by Gasteiger charge is 2.49. The topological polar surface area (TPSA) is 52.3 Å². The van der Waals surface area contributed by atoms with Crippen molar-refractivity contribution in [3.05, 3.63) is 34.9 Å². The average Bonchev–Trinajstić information content (AvgIpc) is 2.68. The van der Waals surface area contributed by atoms with Gasteiger partial charge in [0, 0.05) is 11.0 Å². The van der Waals surface area contributed by atoms with Crippen LogP contribution in [0.2, 0.25) is 0 Å². The van der Waals surface area contributed by atoms with Crippen LogP contribution in [0.1, 0.15) is 43.4 Å². The molecule has 0 saturated carbocycles. The van der Waals surface area contributed by atoms with E-state index in [1.54, 1.807) is 0 Å². The molecule has 0 aliphatic heterocycles. The molecule has 0 aromatic heterocycles. The summed E-state index contributed by atoms with van der Waals surface area (Å²) in [5.41, 5.74) is 9.41. The lowest BCUT2D eigenvalue weighted by Gasteiger charge is -2.42. The minimum atomic E-state index is -0.458. The summed E-state index contributed by atoms with van der Waals surface area (Å²) in [4.78, 5) is 11.8. The van der Waals surface area contributed by atoms with E-state index in [1.165, 1.54) is 23.8 Å². The summed E-state index contributed by atoms with van der Waals surface area (Å²) in [5.74, 6) is -0.187. The fourth-order valence-electron chi connectivity index (χ4n) is 3.24. The third-order valence-corrected chi connectivity index (χ3v) is 4.51. The molecule has 19 heavy (non-hydrogen) atoms. The van der Waals surface area contributed by atoms with Crippen LogP contribution in [0.25, 0.3) is 0 Å². The van der Waals surface area contributed by atoms with Crippen molar-refractivity contribution >= 4 is 5.97 Å². The second-order valence-electron chi connectivity index (χ2n) is 6.22. The molecule has 1 aromatic rings. The van der Waals surface area contributed by atoms with Crippen LogP contribution in [-0.4, -0.2) is 18.6 Å². The fraction of sp³-hybridized carbons (Fsp3) is 0.562. The first kappa shape index (κ1) is 14.1. The zero-order valence-electron chi connectivity index (χ0n) is 12.2. The second kappa shape index (κ2) is 4.64. The molecule has 0 spiro atoms. The molecule has 0 heterocycles. The van der Waals surface area contributed by atoms with Crippen LogP contribution >= 0.6 is 0 Å². The maximum absolute atomic E-state index is 11.8. The smallest absolute Gasteiger partial charge is 0.306 e. The Balaban J connectivity index is 2.54. The number of hydrogen-bond donors (Lipinski definition) is 1. The van der Waals surface area contributed by atoms with Crippen molar-refractivity contribution in [3.63, 3.8) is 0 Å². The van der Waals surface area contributed by atoms with Crippen LogP contribution < -0.4 is 5.73 Å². The molecule has 3 heteroatoms.